The summed E-state index contributed by atoms with van der Waals surface area (Å²) in [5, 5.41) is 15.7. The molecular weight excluding hydrogens is 413 g/mol. The van der Waals surface area contributed by atoms with E-state index in [1.807, 2.05) is 0 Å². The van der Waals surface area contributed by atoms with Crippen molar-refractivity contribution in [3.05, 3.63) is 41.7 Å². The van der Waals surface area contributed by atoms with E-state index in [9.17, 15) is 18.0 Å². The molecule has 0 saturated carbocycles. The van der Waals surface area contributed by atoms with Crippen LogP contribution in [0, 0.1) is 0 Å². The standard InChI is InChI=1S/C20H21F3N6O2/c21-20(22,23)15-10-26-19(27-12-3-1-2-6-24-8-12)28-17(15)14-9-25-16-7-11(18(30)29-31)4-5-13(14)16/h4-5,7,9-10,12,24-25,31H,1-3,6,8H2,(H,29,30)(H,26,27,28)/t12-/m0/s1. The molecule has 31 heavy (non-hydrogen) atoms. The van der Waals surface area contributed by atoms with Crippen molar-refractivity contribution in [1.29, 1.82) is 0 Å². The Morgan fingerprint density at radius 3 is 2.87 bits per heavy atom. The average molecular weight is 434 g/mol. The van der Waals surface area contributed by atoms with E-state index in [0.29, 0.717) is 17.4 Å². The molecule has 3 aromatic rings. The molecular formula is C20H21F3N6O2. The number of alkyl halides is 3. The van der Waals surface area contributed by atoms with Gasteiger partial charge in [-0.15, -0.1) is 0 Å². The summed E-state index contributed by atoms with van der Waals surface area (Å²) in [5.74, 6) is -0.595. The fourth-order valence-corrected chi connectivity index (χ4v) is 3.72. The highest BCUT2D eigenvalue weighted by atomic mass is 19.4. The lowest BCUT2D eigenvalue weighted by Crippen LogP contribution is -2.31. The van der Waals surface area contributed by atoms with Crippen LogP contribution in [-0.4, -0.2) is 45.2 Å². The molecule has 1 aliphatic rings. The van der Waals surface area contributed by atoms with E-state index >= 15 is 0 Å². The van der Waals surface area contributed by atoms with Crippen molar-refractivity contribution in [3.8, 4) is 11.3 Å². The van der Waals surface area contributed by atoms with Crippen LogP contribution in [0.4, 0.5) is 19.1 Å². The Balaban J connectivity index is 1.75. The van der Waals surface area contributed by atoms with E-state index < -0.39 is 17.6 Å². The lowest BCUT2D eigenvalue weighted by atomic mass is 10.0. The van der Waals surface area contributed by atoms with Gasteiger partial charge in [-0.1, -0.05) is 12.5 Å². The van der Waals surface area contributed by atoms with Crippen molar-refractivity contribution >= 4 is 22.8 Å². The maximum absolute atomic E-state index is 13.7. The summed E-state index contributed by atoms with van der Waals surface area (Å²) >= 11 is 0. The van der Waals surface area contributed by atoms with Crippen LogP contribution in [0.15, 0.2) is 30.6 Å². The van der Waals surface area contributed by atoms with Crippen LogP contribution in [-0.2, 0) is 6.18 Å². The van der Waals surface area contributed by atoms with Crippen molar-refractivity contribution in [3.63, 3.8) is 0 Å². The van der Waals surface area contributed by atoms with Crippen molar-refractivity contribution in [2.75, 3.05) is 18.4 Å². The predicted molar refractivity (Wildman–Crippen MR) is 108 cm³/mol. The van der Waals surface area contributed by atoms with Crippen molar-refractivity contribution in [1.82, 2.24) is 25.7 Å². The number of amides is 1. The summed E-state index contributed by atoms with van der Waals surface area (Å²) in [6.45, 7) is 1.59. The Morgan fingerprint density at radius 2 is 2.10 bits per heavy atom. The molecule has 1 aliphatic heterocycles. The highest BCUT2D eigenvalue weighted by molar-refractivity contribution is 6.01. The zero-order chi connectivity index (χ0) is 22.0. The third-order valence-corrected chi connectivity index (χ3v) is 5.27. The number of hydroxylamine groups is 1. The van der Waals surface area contributed by atoms with Gasteiger partial charge < -0.3 is 15.6 Å². The van der Waals surface area contributed by atoms with Crippen LogP contribution in [0.1, 0.15) is 35.2 Å². The molecule has 1 fully saturated rings. The number of carbonyl (C=O) groups is 1. The molecule has 0 aliphatic carbocycles. The molecule has 1 saturated heterocycles. The number of aromatic nitrogens is 3. The fourth-order valence-electron chi connectivity index (χ4n) is 3.72. The summed E-state index contributed by atoms with van der Waals surface area (Å²) < 4.78 is 41.1. The summed E-state index contributed by atoms with van der Waals surface area (Å²) in [4.78, 5) is 22.6. The molecule has 4 rings (SSSR count). The maximum Gasteiger partial charge on any atom is 0.419 e. The van der Waals surface area contributed by atoms with Crippen LogP contribution in [0.3, 0.4) is 0 Å². The van der Waals surface area contributed by atoms with Gasteiger partial charge in [0.05, 0.1) is 5.69 Å². The van der Waals surface area contributed by atoms with Crippen LogP contribution in [0.2, 0.25) is 0 Å². The largest absolute Gasteiger partial charge is 0.419 e. The molecule has 1 amide bonds. The first-order valence-corrected chi connectivity index (χ1v) is 9.84. The number of aromatic amines is 1. The van der Waals surface area contributed by atoms with E-state index in [0.717, 1.165) is 32.0 Å². The van der Waals surface area contributed by atoms with Crippen molar-refractivity contribution in [2.45, 2.75) is 31.5 Å². The van der Waals surface area contributed by atoms with E-state index in [-0.39, 0.29) is 28.8 Å². The molecule has 1 atom stereocenters. The van der Waals surface area contributed by atoms with E-state index in [1.54, 1.807) is 0 Å². The number of fused-ring (bicyclic) bond motifs is 1. The van der Waals surface area contributed by atoms with Gasteiger partial charge in [0.1, 0.15) is 5.56 Å². The predicted octanol–water partition coefficient (Wildman–Crippen LogP) is 3.32. The van der Waals surface area contributed by atoms with Gasteiger partial charge in [0.15, 0.2) is 0 Å². The van der Waals surface area contributed by atoms with Crippen molar-refractivity contribution < 1.29 is 23.2 Å². The van der Waals surface area contributed by atoms with Crippen LogP contribution < -0.4 is 16.1 Å². The van der Waals surface area contributed by atoms with Gasteiger partial charge in [0.2, 0.25) is 5.95 Å². The van der Waals surface area contributed by atoms with Gasteiger partial charge in [0, 0.05) is 47.0 Å². The zero-order valence-electron chi connectivity index (χ0n) is 16.4. The molecule has 5 N–H and O–H groups in total. The van der Waals surface area contributed by atoms with Gasteiger partial charge in [-0.2, -0.15) is 13.2 Å². The molecule has 2 aromatic heterocycles. The number of H-pyrrole nitrogens is 1. The second kappa shape index (κ2) is 8.52. The van der Waals surface area contributed by atoms with Crippen LogP contribution >= 0.6 is 0 Å². The number of anilines is 1. The third-order valence-electron chi connectivity index (χ3n) is 5.27. The topological polar surface area (TPSA) is 115 Å². The highest BCUT2D eigenvalue weighted by Gasteiger charge is 2.36. The summed E-state index contributed by atoms with van der Waals surface area (Å²) in [6, 6.07) is 4.39. The molecule has 3 heterocycles. The van der Waals surface area contributed by atoms with Gasteiger partial charge in [-0.25, -0.2) is 15.4 Å². The van der Waals surface area contributed by atoms with E-state index in [1.165, 1.54) is 29.9 Å². The average Bonchev–Trinajstić information content (AvgIpc) is 3.00. The number of hydrogen-bond donors (Lipinski definition) is 5. The number of hydrogen-bond acceptors (Lipinski definition) is 6. The third kappa shape index (κ3) is 4.47. The molecule has 0 radical (unpaired) electrons. The normalized spacial score (nSPS) is 17.4. The van der Waals surface area contributed by atoms with Gasteiger partial charge >= 0.3 is 6.18 Å². The summed E-state index contributed by atoms with van der Waals surface area (Å²) in [6.07, 6.45) is 0.488. The Labute approximate surface area is 175 Å². The van der Waals surface area contributed by atoms with Crippen LogP contribution in [0.5, 0.6) is 0 Å². The first-order valence-electron chi connectivity index (χ1n) is 9.84. The minimum Gasteiger partial charge on any atom is -0.360 e. The van der Waals surface area contributed by atoms with Crippen molar-refractivity contribution in [2.24, 2.45) is 0 Å². The van der Waals surface area contributed by atoms with Crippen LogP contribution in [0.25, 0.3) is 22.2 Å². The lowest BCUT2D eigenvalue weighted by Gasteiger charge is -2.18. The van der Waals surface area contributed by atoms with E-state index in [2.05, 4.69) is 25.6 Å². The second-order valence-electron chi connectivity index (χ2n) is 7.40. The first kappa shape index (κ1) is 21.1. The Morgan fingerprint density at radius 1 is 1.26 bits per heavy atom. The molecule has 0 spiro atoms. The first-order chi connectivity index (χ1) is 14.9. The molecule has 0 bridgehead atoms. The Kier molecular flexibility index (Phi) is 5.79. The number of carbonyl (C=O) groups excluding carboxylic acids is 1. The number of benzene rings is 1. The lowest BCUT2D eigenvalue weighted by molar-refractivity contribution is -0.137. The number of halogens is 3. The highest BCUT2D eigenvalue weighted by Crippen LogP contribution is 2.38. The minimum atomic E-state index is -4.64. The summed E-state index contributed by atoms with van der Waals surface area (Å²) in [7, 11) is 0. The SMILES string of the molecule is O=C(NO)c1ccc2c(-c3nc(N[C@H]4CCCCNC4)ncc3C(F)(F)F)c[nH]c2c1. The quantitative estimate of drug-likeness (QED) is 0.318. The van der Waals surface area contributed by atoms with Gasteiger partial charge in [0.25, 0.3) is 5.91 Å². The van der Waals surface area contributed by atoms with Gasteiger partial charge in [-0.05, 0) is 31.5 Å². The monoisotopic (exact) mass is 434 g/mol. The Bertz CT molecular complexity index is 1090. The Hall–Kier alpha value is -3.18. The second-order valence-corrected chi connectivity index (χ2v) is 7.40. The molecule has 164 valence electrons. The fraction of sp³-hybridized carbons (Fsp3) is 0.350. The molecule has 8 nitrogen and oxygen atoms in total. The molecule has 0 unspecified atom stereocenters. The maximum atomic E-state index is 13.7. The molecule has 1 aromatic carbocycles. The number of nitrogens with zero attached hydrogens (tertiary/aromatic N) is 2. The summed E-state index contributed by atoms with van der Waals surface area (Å²) in [5.41, 5.74) is 1.16. The smallest absolute Gasteiger partial charge is 0.360 e. The number of nitrogens with one attached hydrogen (secondary N) is 4. The van der Waals surface area contributed by atoms with E-state index in [4.69, 9.17) is 5.21 Å². The van der Waals surface area contributed by atoms with Gasteiger partial charge in [-0.3, -0.25) is 10.0 Å². The number of rotatable bonds is 4. The zero-order valence-corrected chi connectivity index (χ0v) is 16.4. The minimum absolute atomic E-state index is 0.0228. The molecule has 11 heteroatoms.